The van der Waals surface area contributed by atoms with Gasteiger partial charge < -0.3 is 19.9 Å². The Bertz CT molecular complexity index is 1020. The molecule has 1 amide bonds. The second-order valence-corrected chi connectivity index (χ2v) is 6.84. The summed E-state index contributed by atoms with van der Waals surface area (Å²) in [6.45, 7) is 2.30. The highest BCUT2D eigenvalue weighted by molar-refractivity contribution is 5.94. The first-order valence-corrected chi connectivity index (χ1v) is 8.92. The molecule has 1 aliphatic rings. The SMILES string of the molecule is COc1cc(C)c(OC)c2c1CC(CNC(=O)c1[nH]c(=O)[nH]c(=O)c1O)CC2. The number of carbonyl (C=O) groups is 1. The first kappa shape index (κ1) is 19.5. The van der Waals surface area contributed by atoms with Crippen LogP contribution < -0.4 is 26.0 Å². The lowest BCUT2D eigenvalue weighted by molar-refractivity contribution is 0.0937. The Labute approximate surface area is 160 Å². The van der Waals surface area contributed by atoms with Crippen molar-refractivity contribution < 1.29 is 19.4 Å². The zero-order valence-corrected chi connectivity index (χ0v) is 16.0. The molecule has 3 rings (SSSR count). The van der Waals surface area contributed by atoms with Crippen molar-refractivity contribution in [3.8, 4) is 17.2 Å². The molecule has 1 heterocycles. The second-order valence-electron chi connectivity index (χ2n) is 6.84. The Balaban J connectivity index is 1.76. The second kappa shape index (κ2) is 7.79. The average molecular weight is 389 g/mol. The molecule has 9 heteroatoms. The summed E-state index contributed by atoms with van der Waals surface area (Å²) in [7, 11) is 3.27. The van der Waals surface area contributed by atoms with Crippen LogP contribution in [0.15, 0.2) is 15.7 Å². The van der Waals surface area contributed by atoms with Crippen LogP contribution in [0, 0.1) is 12.8 Å². The van der Waals surface area contributed by atoms with Gasteiger partial charge in [0.05, 0.1) is 14.2 Å². The number of methoxy groups -OCH3 is 2. The Morgan fingerprint density at radius 1 is 1.25 bits per heavy atom. The fourth-order valence-corrected chi connectivity index (χ4v) is 3.71. The minimum atomic E-state index is -1.01. The molecular weight excluding hydrogens is 366 g/mol. The maximum Gasteiger partial charge on any atom is 0.326 e. The highest BCUT2D eigenvalue weighted by Crippen LogP contribution is 2.40. The van der Waals surface area contributed by atoms with Crippen LogP contribution >= 0.6 is 0 Å². The summed E-state index contributed by atoms with van der Waals surface area (Å²) in [4.78, 5) is 39.1. The fraction of sp³-hybridized carbons (Fsp3) is 0.421. The Hall–Kier alpha value is -3.23. The topological polar surface area (TPSA) is 134 Å². The number of aromatic nitrogens is 2. The van der Waals surface area contributed by atoms with Gasteiger partial charge in [0.1, 0.15) is 11.5 Å². The van der Waals surface area contributed by atoms with Crippen LogP contribution in [0.1, 0.15) is 33.6 Å². The number of ether oxygens (including phenoxy) is 2. The van der Waals surface area contributed by atoms with Crippen LogP contribution in [-0.2, 0) is 12.8 Å². The molecule has 1 aromatic heterocycles. The van der Waals surface area contributed by atoms with Crippen LogP contribution in [0.25, 0.3) is 0 Å². The van der Waals surface area contributed by atoms with Crippen molar-refractivity contribution in [2.75, 3.05) is 20.8 Å². The van der Waals surface area contributed by atoms with Gasteiger partial charge in [-0.05, 0) is 43.7 Å². The van der Waals surface area contributed by atoms with Crippen LogP contribution in [-0.4, -0.2) is 41.7 Å². The highest BCUT2D eigenvalue weighted by atomic mass is 16.5. The summed E-state index contributed by atoms with van der Waals surface area (Å²) in [5, 5.41) is 12.4. The van der Waals surface area contributed by atoms with Crippen molar-refractivity contribution in [2.45, 2.75) is 26.2 Å². The Morgan fingerprint density at radius 2 is 2.00 bits per heavy atom. The number of amides is 1. The van der Waals surface area contributed by atoms with Gasteiger partial charge in [-0.3, -0.25) is 19.6 Å². The molecule has 28 heavy (non-hydrogen) atoms. The van der Waals surface area contributed by atoms with E-state index in [1.54, 1.807) is 14.2 Å². The van der Waals surface area contributed by atoms with Gasteiger partial charge in [0, 0.05) is 17.7 Å². The lowest BCUT2D eigenvalue weighted by atomic mass is 9.82. The number of benzene rings is 1. The van der Waals surface area contributed by atoms with Crippen LogP contribution in [0.5, 0.6) is 17.2 Å². The zero-order valence-electron chi connectivity index (χ0n) is 16.0. The van der Waals surface area contributed by atoms with Crippen molar-refractivity contribution in [3.05, 3.63) is 49.3 Å². The molecule has 2 aromatic rings. The van der Waals surface area contributed by atoms with E-state index in [9.17, 15) is 19.5 Å². The molecule has 0 bridgehead atoms. The third-order valence-electron chi connectivity index (χ3n) is 5.06. The third-order valence-corrected chi connectivity index (χ3v) is 5.06. The van der Waals surface area contributed by atoms with E-state index in [4.69, 9.17) is 9.47 Å². The van der Waals surface area contributed by atoms with Crippen molar-refractivity contribution in [1.29, 1.82) is 0 Å². The number of carbonyl (C=O) groups excluding carboxylic acids is 1. The molecule has 4 N–H and O–H groups in total. The molecule has 0 saturated heterocycles. The number of H-pyrrole nitrogens is 2. The molecule has 1 atom stereocenters. The van der Waals surface area contributed by atoms with Gasteiger partial charge in [0.2, 0.25) is 5.75 Å². The summed E-state index contributed by atoms with van der Waals surface area (Å²) >= 11 is 0. The van der Waals surface area contributed by atoms with E-state index in [1.807, 2.05) is 18.0 Å². The van der Waals surface area contributed by atoms with Crippen molar-refractivity contribution in [2.24, 2.45) is 5.92 Å². The first-order chi connectivity index (χ1) is 13.3. The molecule has 1 aliphatic carbocycles. The molecule has 150 valence electrons. The Morgan fingerprint density at radius 3 is 2.68 bits per heavy atom. The van der Waals surface area contributed by atoms with Gasteiger partial charge in [-0.15, -0.1) is 0 Å². The molecule has 0 fully saturated rings. The standard InChI is InChI=1S/C19H23N3O6/c1-9-6-13(27-2)12-7-10(4-5-11(12)16(9)28-3)8-20-17(24)14-15(23)18(25)22-19(26)21-14/h6,10,23H,4-5,7-8H2,1-3H3,(H,20,24)(H2,21,22,25,26). The predicted octanol–water partition coefficient (Wildman–Crippen LogP) is 0.629. The van der Waals surface area contributed by atoms with Crippen LogP contribution in [0.3, 0.4) is 0 Å². The molecule has 0 saturated carbocycles. The van der Waals surface area contributed by atoms with Gasteiger partial charge in [0.25, 0.3) is 11.5 Å². The number of aromatic hydroxyl groups is 1. The van der Waals surface area contributed by atoms with Crippen molar-refractivity contribution >= 4 is 5.91 Å². The Kier molecular flexibility index (Phi) is 5.43. The molecule has 1 unspecified atom stereocenters. The maximum atomic E-state index is 12.3. The number of nitrogens with one attached hydrogen (secondary N) is 3. The molecule has 1 aromatic carbocycles. The summed E-state index contributed by atoms with van der Waals surface area (Å²) in [6.07, 6.45) is 2.30. The summed E-state index contributed by atoms with van der Waals surface area (Å²) in [6, 6.07) is 1.94. The van der Waals surface area contributed by atoms with Gasteiger partial charge in [-0.1, -0.05) is 0 Å². The first-order valence-electron chi connectivity index (χ1n) is 8.92. The number of hydrogen-bond acceptors (Lipinski definition) is 6. The van der Waals surface area contributed by atoms with E-state index in [1.165, 1.54) is 0 Å². The normalized spacial score (nSPS) is 15.6. The average Bonchev–Trinajstić information content (AvgIpc) is 2.68. The van der Waals surface area contributed by atoms with E-state index in [2.05, 4.69) is 10.3 Å². The monoisotopic (exact) mass is 389 g/mol. The smallest absolute Gasteiger partial charge is 0.326 e. The van der Waals surface area contributed by atoms with Gasteiger partial charge >= 0.3 is 5.69 Å². The molecule has 0 radical (unpaired) electrons. The number of aryl methyl sites for hydroxylation is 1. The summed E-state index contributed by atoms with van der Waals surface area (Å²) < 4.78 is 11.1. The van der Waals surface area contributed by atoms with Crippen LogP contribution in [0.4, 0.5) is 0 Å². The number of fused-ring (bicyclic) bond motifs is 1. The van der Waals surface area contributed by atoms with E-state index < -0.39 is 28.6 Å². The number of rotatable bonds is 5. The molecule has 9 nitrogen and oxygen atoms in total. The fourth-order valence-electron chi connectivity index (χ4n) is 3.71. The zero-order chi connectivity index (χ0) is 20.4. The quantitative estimate of drug-likeness (QED) is 0.593. The lowest BCUT2D eigenvalue weighted by Gasteiger charge is -2.28. The van der Waals surface area contributed by atoms with E-state index in [-0.39, 0.29) is 5.92 Å². The molecular formula is C19H23N3O6. The largest absolute Gasteiger partial charge is 0.501 e. The predicted molar refractivity (Wildman–Crippen MR) is 101 cm³/mol. The van der Waals surface area contributed by atoms with Gasteiger partial charge in [0.15, 0.2) is 5.69 Å². The van der Waals surface area contributed by atoms with Gasteiger partial charge in [-0.2, -0.15) is 0 Å². The lowest BCUT2D eigenvalue weighted by Crippen LogP contribution is -2.35. The number of hydrogen-bond donors (Lipinski definition) is 4. The maximum absolute atomic E-state index is 12.3. The van der Waals surface area contributed by atoms with Crippen molar-refractivity contribution in [3.63, 3.8) is 0 Å². The van der Waals surface area contributed by atoms with Crippen molar-refractivity contribution in [1.82, 2.24) is 15.3 Å². The molecule has 0 spiro atoms. The minimum absolute atomic E-state index is 0.133. The van der Waals surface area contributed by atoms with Crippen LogP contribution in [0.2, 0.25) is 0 Å². The van der Waals surface area contributed by atoms with E-state index in [0.29, 0.717) is 13.0 Å². The number of aromatic amines is 2. The van der Waals surface area contributed by atoms with Gasteiger partial charge in [-0.25, -0.2) is 4.79 Å². The highest BCUT2D eigenvalue weighted by Gasteiger charge is 2.27. The molecule has 0 aliphatic heterocycles. The summed E-state index contributed by atoms with van der Waals surface area (Å²) in [5.41, 5.74) is 0.888. The van der Waals surface area contributed by atoms with E-state index in [0.717, 1.165) is 41.0 Å². The third kappa shape index (κ3) is 3.60. The summed E-state index contributed by atoms with van der Waals surface area (Å²) in [5.74, 6) is 0.270. The van der Waals surface area contributed by atoms with E-state index >= 15 is 0 Å². The minimum Gasteiger partial charge on any atom is -0.501 e.